The smallest absolute Gasteiger partial charge is 0.272 e. The van der Waals surface area contributed by atoms with E-state index in [0.717, 1.165) is 11.3 Å². The topological polar surface area (TPSA) is 61.9 Å². The molecule has 1 aromatic carbocycles. The van der Waals surface area contributed by atoms with E-state index in [1.54, 1.807) is 16.8 Å². The van der Waals surface area contributed by atoms with E-state index in [-0.39, 0.29) is 17.9 Å². The monoisotopic (exact) mass is 338 g/mol. The van der Waals surface area contributed by atoms with Gasteiger partial charge >= 0.3 is 0 Å². The number of carbonyl (C=O) groups is 1. The van der Waals surface area contributed by atoms with Crippen LogP contribution < -0.4 is 0 Å². The van der Waals surface area contributed by atoms with Gasteiger partial charge < -0.3 is 4.90 Å². The Morgan fingerprint density at radius 3 is 2.36 bits per heavy atom. The molecule has 0 bridgehead atoms. The number of amides is 1. The molecule has 0 spiro atoms. The highest BCUT2D eigenvalue weighted by Crippen LogP contribution is 2.19. The zero-order valence-corrected chi connectivity index (χ0v) is 15.7. The molecule has 1 heterocycles. The Balaban J connectivity index is 2.30. The van der Waals surface area contributed by atoms with Crippen molar-refractivity contribution in [2.45, 2.75) is 59.7 Å². The van der Waals surface area contributed by atoms with Crippen LogP contribution in [0, 0.1) is 11.3 Å². The van der Waals surface area contributed by atoms with Crippen molar-refractivity contribution >= 4 is 5.91 Å². The highest BCUT2D eigenvalue weighted by Gasteiger charge is 2.24. The van der Waals surface area contributed by atoms with E-state index in [1.165, 1.54) is 0 Å². The van der Waals surface area contributed by atoms with Gasteiger partial charge in [-0.2, -0.15) is 10.4 Å². The van der Waals surface area contributed by atoms with Crippen molar-refractivity contribution in [3.05, 3.63) is 52.8 Å². The molecule has 25 heavy (non-hydrogen) atoms. The lowest BCUT2D eigenvalue weighted by atomic mass is 10.1. The van der Waals surface area contributed by atoms with Crippen molar-refractivity contribution < 1.29 is 4.79 Å². The van der Waals surface area contributed by atoms with Crippen LogP contribution in [0.25, 0.3) is 0 Å². The predicted octanol–water partition coefficient (Wildman–Crippen LogP) is 3.95. The Kier molecular flexibility index (Phi) is 5.97. The van der Waals surface area contributed by atoms with Crippen molar-refractivity contribution in [3.63, 3.8) is 0 Å². The second-order valence-electron chi connectivity index (χ2n) is 6.76. The molecule has 0 radical (unpaired) electrons. The summed E-state index contributed by atoms with van der Waals surface area (Å²) in [6.45, 7) is 11.3. The summed E-state index contributed by atoms with van der Waals surface area (Å²) < 4.78 is 1.78. The molecule has 2 rings (SSSR count). The summed E-state index contributed by atoms with van der Waals surface area (Å²) in [6.07, 6.45) is 0. The highest BCUT2D eigenvalue weighted by atomic mass is 16.2. The highest BCUT2D eigenvalue weighted by molar-refractivity contribution is 5.93. The van der Waals surface area contributed by atoms with Gasteiger partial charge in [-0.3, -0.25) is 9.48 Å². The second kappa shape index (κ2) is 7.98. The molecule has 0 saturated carbocycles. The first-order valence-corrected chi connectivity index (χ1v) is 8.75. The van der Waals surface area contributed by atoms with Gasteiger partial charge in [0.05, 0.1) is 17.3 Å². The lowest BCUT2D eigenvalue weighted by Gasteiger charge is -2.27. The molecule has 0 aliphatic heterocycles. The fourth-order valence-electron chi connectivity index (χ4n) is 2.65. The Bertz CT molecular complexity index is 766. The average molecular weight is 338 g/mol. The molecule has 0 saturated heterocycles. The van der Waals surface area contributed by atoms with E-state index in [0.29, 0.717) is 24.3 Å². The molecule has 132 valence electrons. The quantitative estimate of drug-likeness (QED) is 0.801. The van der Waals surface area contributed by atoms with Crippen LogP contribution in [0.3, 0.4) is 0 Å². The van der Waals surface area contributed by atoms with E-state index in [1.807, 2.05) is 43.9 Å². The van der Waals surface area contributed by atoms with Gasteiger partial charge in [0.1, 0.15) is 5.69 Å². The summed E-state index contributed by atoms with van der Waals surface area (Å²) in [5.74, 6) is 0.269. The molecular weight excluding hydrogens is 312 g/mol. The van der Waals surface area contributed by atoms with E-state index < -0.39 is 0 Å². The lowest BCUT2D eigenvalue weighted by molar-refractivity contribution is 0.0677. The number of nitriles is 1. The van der Waals surface area contributed by atoms with Crippen LogP contribution in [0.5, 0.6) is 0 Å². The maximum Gasteiger partial charge on any atom is 0.272 e. The van der Waals surface area contributed by atoms with E-state index >= 15 is 0 Å². The summed E-state index contributed by atoms with van der Waals surface area (Å²) in [6, 6.07) is 11.5. The molecule has 0 unspecified atom stereocenters. The van der Waals surface area contributed by atoms with Gasteiger partial charge in [-0.15, -0.1) is 0 Å². The number of nitrogens with zero attached hydrogens (tertiary/aromatic N) is 4. The molecule has 0 aliphatic rings. The number of rotatable bonds is 6. The zero-order chi connectivity index (χ0) is 18.6. The van der Waals surface area contributed by atoms with E-state index in [9.17, 15) is 4.79 Å². The average Bonchev–Trinajstić information content (AvgIpc) is 3.04. The third kappa shape index (κ3) is 4.27. The molecule has 0 N–H and O–H groups in total. The first-order valence-electron chi connectivity index (χ1n) is 8.75. The number of hydrogen-bond acceptors (Lipinski definition) is 3. The first-order chi connectivity index (χ1) is 11.9. The summed E-state index contributed by atoms with van der Waals surface area (Å²) in [4.78, 5) is 15.0. The number of hydrogen-bond donors (Lipinski definition) is 0. The SMILES string of the molecule is CCn1nc(C(C)C)cc1C(=O)N(Cc1ccc(C#N)cc1)C(C)C. The van der Waals surface area contributed by atoms with Crippen LogP contribution in [0.1, 0.15) is 67.8 Å². The number of carbonyl (C=O) groups excluding carboxylic acids is 1. The molecular formula is C20H26N4O. The summed E-state index contributed by atoms with van der Waals surface area (Å²) >= 11 is 0. The first kappa shape index (κ1) is 18.7. The van der Waals surface area contributed by atoms with Crippen LogP contribution >= 0.6 is 0 Å². The molecule has 5 nitrogen and oxygen atoms in total. The van der Waals surface area contributed by atoms with Crippen molar-refractivity contribution in [2.24, 2.45) is 0 Å². The standard InChI is InChI=1S/C20H26N4O/c1-6-24-19(11-18(22-24)14(2)3)20(25)23(15(4)5)13-17-9-7-16(12-21)8-10-17/h7-11,14-15H,6,13H2,1-5H3. The van der Waals surface area contributed by atoms with E-state index in [4.69, 9.17) is 5.26 Å². The minimum absolute atomic E-state index is 0.0133. The lowest BCUT2D eigenvalue weighted by Crippen LogP contribution is -2.37. The van der Waals surface area contributed by atoms with Crippen LogP contribution in [0.15, 0.2) is 30.3 Å². The summed E-state index contributed by atoms with van der Waals surface area (Å²) in [5.41, 5.74) is 3.20. The van der Waals surface area contributed by atoms with Crippen molar-refractivity contribution in [1.82, 2.24) is 14.7 Å². The van der Waals surface area contributed by atoms with Gasteiger partial charge in [-0.1, -0.05) is 26.0 Å². The molecule has 1 aromatic heterocycles. The van der Waals surface area contributed by atoms with Gasteiger partial charge in [-0.05, 0) is 50.5 Å². The Labute approximate surface area is 149 Å². The van der Waals surface area contributed by atoms with Gasteiger partial charge in [0.25, 0.3) is 5.91 Å². The molecule has 0 atom stereocenters. The fraction of sp³-hybridized carbons (Fsp3) is 0.450. The maximum atomic E-state index is 13.1. The Morgan fingerprint density at radius 1 is 1.24 bits per heavy atom. The van der Waals surface area contributed by atoms with Gasteiger partial charge in [-0.25, -0.2) is 0 Å². The molecule has 1 amide bonds. The minimum Gasteiger partial charge on any atom is -0.331 e. The maximum absolute atomic E-state index is 13.1. The van der Waals surface area contributed by atoms with Crippen LogP contribution in [-0.2, 0) is 13.1 Å². The van der Waals surface area contributed by atoms with Gasteiger partial charge in [0.15, 0.2) is 0 Å². The molecule has 0 aliphatic carbocycles. The van der Waals surface area contributed by atoms with Crippen LogP contribution in [0.2, 0.25) is 0 Å². The number of aryl methyl sites for hydroxylation is 1. The largest absolute Gasteiger partial charge is 0.331 e. The minimum atomic E-state index is -0.0133. The third-order valence-corrected chi connectivity index (χ3v) is 4.23. The number of aromatic nitrogens is 2. The van der Waals surface area contributed by atoms with Crippen LogP contribution in [0.4, 0.5) is 0 Å². The molecule has 2 aromatic rings. The fourth-order valence-corrected chi connectivity index (χ4v) is 2.65. The number of benzene rings is 1. The van der Waals surface area contributed by atoms with Crippen molar-refractivity contribution in [1.29, 1.82) is 5.26 Å². The Hall–Kier alpha value is -2.61. The zero-order valence-electron chi connectivity index (χ0n) is 15.7. The van der Waals surface area contributed by atoms with E-state index in [2.05, 4.69) is 25.0 Å². The third-order valence-electron chi connectivity index (χ3n) is 4.23. The van der Waals surface area contributed by atoms with Gasteiger partial charge in [0.2, 0.25) is 0 Å². The van der Waals surface area contributed by atoms with Gasteiger partial charge in [0, 0.05) is 19.1 Å². The summed E-state index contributed by atoms with van der Waals surface area (Å²) in [7, 11) is 0. The van der Waals surface area contributed by atoms with Crippen LogP contribution in [-0.4, -0.2) is 26.6 Å². The Morgan fingerprint density at radius 2 is 1.88 bits per heavy atom. The predicted molar refractivity (Wildman–Crippen MR) is 98.2 cm³/mol. The molecule has 5 heteroatoms. The van der Waals surface area contributed by atoms with Crippen molar-refractivity contribution in [3.8, 4) is 6.07 Å². The molecule has 0 fully saturated rings. The van der Waals surface area contributed by atoms with Crippen molar-refractivity contribution in [2.75, 3.05) is 0 Å². The second-order valence-corrected chi connectivity index (χ2v) is 6.76. The normalized spacial score (nSPS) is 11.0. The summed E-state index contributed by atoms with van der Waals surface area (Å²) in [5, 5.41) is 13.5.